The average Bonchev–Trinajstić information content (AvgIpc) is 2.85. The van der Waals surface area contributed by atoms with Gasteiger partial charge in [0.25, 0.3) is 0 Å². The minimum atomic E-state index is -0.832. The molecule has 0 radical (unpaired) electrons. The molecule has 1 saturated heterocycles. The molecule has 2 rings (SSSR count). The highest BCUT2D eigenvalue weighted by Gasteiger charge is 2.37. The van der Waals surface area contributed by atoms with Crippen molar-refractivity contribution in [1.29, 1.82) is 0 Å². The van der Waals surface area contributed by atoms with E-state index < -0.39 is 5.54 Å². The number of rotatable bonds is 3. The van der Waals surface area contributed by atoms with E-state index in [0.717, 1.165) is 4.88 Å². The lowest BCUT2D eigenvalue weighted by atomic mass is 9.99. The van der Waals surface area contributed by atoms with Gasteiger partial charge in [-0.2, -0.15) is 0 Å². The summed E-state index contributed by atoms with van der Waals surface area (Å²) in [4.78, 5) is 14.4. The lowest BCUT2D eigenvalue weighted by Crippen LogP contribution is -2.54. The zero-order chi connectivity index (χ0) is 12.5. The first-order valence-electron chi connectivity index (χ1n) is 5.72. The van der Waals surface area contributed by atoms with Crippen molar-refractivity contribution in [3.05, 3.63) is 21.4 Å². The first-order chi connectivity index (χ1) is 8.01. The summed E-state index contributed by atoms with van der Waals surface area (Å²) < 4.78 is 5.17. The molecule has 3 N–H and O–H groups in total. The summed E-state index contributed by atoms with van der Waals surface area (Å²) in [6, 6.07) is 2.11. The Kier molecular flexibility index (Phi) is 3.51. The van der Waals surface area contributed by atoms with Crippen LogP contribution in [0.4, 0.5) is 0 Å². The van der Waals surface area contributed by atoms with Gasteiger partial charge in [-0.05, 0) is 31.9 Å². The Hall–Kier alpha value is -0.910. The van der Waals surface area contributed by atoms with Crippen LogP contribution in [0.15, 0.2) is 6.07 Å². The molecule has 0 aliphatic carbocycles. The van der Waals surface area contributed by atoms with Gasteiger partial charge >= 0.3 is 0 Å². The van der Waals surface area contributed by atoms with E-state index in [9.17, 15) is 4.79 Å². The first kappa shape index (κ1) is 12.5. The van der Waals surface area contributed by atoms with Gasteiger partial charge in [0.2, 0.25) is 5.91 Å². The van der Waals surface area contributed by atoms with Gasteiger partial charge in [-0.25, -0.2) is 0 Å². The van der Waals surface area contributed by atoms with E-state index in [1.807, 2.05) is 0 Å². The molecule has 2 heterocycles. The fourth-order valence-electron chi connectivity index (χ4n) is 1.84. The molecule has 1 unspecified atom stereocenters. The monoisotopic (exact) mass is 254 g/mol. The number of thiophene rings is 1. The highest BCUT2D eigenvalue weighted by molar-refractivity contribution is 7.12. The third kappa shape index (κ3) is 2.68. The van der Waals surface area contributed by atoms with Crippen LogP contribution in [-0.2, 0) is 16.1 Å². The second kappa shape index (κ2) is 4.76. The van der Waals surface area contributed by atoms with E-state index in [-0.39, 0.29) is 5.91 Å². The molecule has 0 bridgehead atoms. The van der Waals surface area contributed by atoms with E-state index in [4.69, 9.17) is 10.5 Å². The van der Waals surface area contributed by atoms with Gasteiger partial charge in [-0.3, -0.25) is 4.79 Å². The zero-order valence-electron chi connectivity index (χ0n) is 10.2. The van der Waals surface area contributed by atoms with Gasteiger partial charge in [0.1, 0.15) is 5.54 Å². The van der Waals surface area contributed by atoms with Crippen molar-refractivity contribution < 1.29 is 9.53 Å². The quantitative estimate of drug-likeness (QED) is 0.849. The Bertz CT molecular complexity index is 403. The maximum Gasteiger partial charge on any atom is 0.242 e. The van der Waals surface area contributed by atoms with Gasteiger partial charge in [-0.1, -0.05) is 0 Å². The van der Waals surface area contributed by atoms with Crippen molar-refractivity contribution in [2.24, 2.45) is 5.73 Å². The number of hydrogen-bond acceptors (Lipinski definition) is 4. The highest BCUT2D eigenvalue weighted by atomic mass is 32.1. The number of carbonyl (C=O) groups is 1. The number of nitrogens with one attached hydrogen (secondary N) is 1. The number of amides is 1. The average molecular weight is 254 g/mol. The molecule has 0 saturated carbocycles. The van der Waals surface area contributed by atoms with Crippen molar-refractivity contribution in [2.75, 3.05) is 13.2 Å². The van der Waals surface area contributed by atoms with Gasteiger partial charge in [0.15, 0.2) is 0 Å². The van der Waals surface area contributed by atoms with Crippen LogP contribution in [0.25, 0.3) is 0 Å². The molecular weight excluding hydrogens is 236 g/mol. The smallest absolute Gasteiger partial charge is 0.242 e. The molecule has 1 atom stereocenters. The SMILES string of the molecule is Cc1cc(CNC(=O)C2(N)CCOC2)sc1C. The Labute approximate surface area is 105 Å². The maximum atomic E-state index is 11.9. The molecular formula is C12H18N2O2S. The molecule has 5 heteroatoms. The fourth-order valence-corrected chi connectivity index (χ4v) is 2.83. The Morgan fingerprint density at radius 3 is 2.94 bits per heavy atom. The molecule has 0 spiro atoms. The molecule has 1 aliphatic heterocycles. The Morgan fingerprint density at radius 2 is 2.41 bits per heavy atom. The number of ether oxygens (including phenoxy) is 1. The van der Waals surface area contributed by atoms with Gasteiger partial charge in [0.05, 0.1) is 13.2 Å². The second-order valence-corrected chi connectivity index (χ2v) is 5.93. The van der Waals surface area contributed by atoms with Crippen LogP contribution >= 0.6 is 11.3 Å². The van der Waals surface area contributed by atoms with E-state index in [1.54, 1.807) is 11.3 Å². The molecule has 1 fully saturated rings. The topological polar surface area (TPSA) is 64.4 Å². The largest absolute Gasteiger partial charge is 0.379 e. The summed E-state index contributed by atoms with van der Waals surface area (Å²) in [5.74, 6) is -0.112. The lowest BCUT2D eigenvalue weighted by Gasteiger charge is -2.20. The first-order valence-corrected chi connectivity index (χ1v) is 6.54. The zero-order valence-corrected chi connectivity index (χ0v) is 11.0. The second-order valence-electron chi connectivity index (χ2n) is 4.59. The van der Waals surface area contributed by atoms with Crippen LogP contribution < -0.4 is 11.1 Å². The summed E-state index contributed by atoms with van der Waals surface area (Å²) in [6.07, 6.45) is 0.599. The highest BCUT2D eigenvalue weighted by Crippen LogP contribution is 2.21. The fraction of sp³-hybridized carbons (Fsp3) is 0.583. The summed E-state index contributed by atoms with van der Waals surface area (Å²) in [6.45, 7) is 5.60. The normalized spacial score (nSPS) is 23.9. The molecule has 4 nitrogen and oxygen atoms in total. The van der Waals surface area contributed by atoms with Crippen molar-refractivity contribution >= 4 is 17.2 Å². The molecule has 1 amide bonds. The Morgan fingerprint density at radius 1 is 1.65 bits per heavy atom. The van der Waals surface area contributed by atoms with Crippen LogP contribution in [0.3, 0.4) is 0 Å². The minimum absolute atomic E-state index is 0.112. The lowest BCUT2D eigenvalue weighted by molar-refractivity contribution is -0.126. The summed E-state index contributed by atoms with van der Waals surface area (Å²) in [5.41, 5.74) is 6.41. The van der Waals surface area contributed by atoms with Gasteiger partial charge in [0, 0.05) is 16.4 Å². The number of aryl methyl sites for hydroxylation is 2. The van der Waals surface area contributed by atoms with Gasteiger partial charge in [-0.15, -0.1) is 11.3 Å². The number of nitrogens with two attached hydrogens (primary N) is 1. The summed E-state index contributed by atoms with van der Waals surface area (Å²) in [5, 5.41) is 2.89. The number of hydrogen-bond donors (Lipinski definition) is 2. The molecule has 0 aromatic carbocycles. The van der Waals surface area contributed by atoms with Crippen LogP contribution in [0.2, 0.25) is 0 Å². The number of carbonyl (C=O) groups excluding carboxylic acids is 1. The van der Waals surface area contributed by atoms with Crippen molar-refractivity contribution in [2.45, 2.75) is 32.4 Å². The van der Waals surface area contributed by atoms with Crippen LogP contribution in [0.5, 0.6) is 0 Å². The minimum Gasteiger partial charge on any atom is -0.379 e. The van der Waals surface area contributed by atoms with Crippen molar-refractivity contribution in [3.8, 4) is 0 Å². The van der Waals surface area contributed by atoms with E-state index in [0.29, 0.717) is 26.2 Å². The third-order valence-corrected chi connectivity index (χ3v) is 4.30. The predicted molar refractivity (Wildman–Crippen MR) is 68.0 cm³/mol. The summed E-state index contributed by atoms with van der Waals surface area (Å²) in [7, 11) is 0. The van der Waals surface area contributed by atoms with E-state index in [1.165, 1.54) is 10.4 Å². The predicted octanol–water partition coefficient (Wildman–Crippen LogP) is 1.10. The molecule has 1 aromatic heterocycles. The van der Waals surface area contributed by atoms with Crippen molar-refractivity contribution in [1.82, 2.24) is 5.32 Å². The molecule has 17 heavy (non-hydrogen) atoms. The van der Waals surface area contributed by atoms with Crippen LogP contribution in [0, 0.1) is 13.8 Å². The molecule has 1 aromatic rings. The molecule has 94 valence electrons. The maximum absolute atomic E-state index is 11.9. The van der Waals surface area contributed by atoms with Crippen LogP contribution in [0.1, 0.15) is 21.7 Å². The van der Waals surface area contributed by atoms with Crippen LogP contribution in [-0.4, -0.2) is 24.7 Å². The van der Waals surface area contributed by atoms with Crippen molar-refractivity contribution in [3.63, 3.8) is 0 Å². The van der Waals surface area contributed by atoms with Gasteiger partial charge < -0.3 is 15.8 Å². The van der Waals surface area contributed by atoms with E-state index in [2.05, 4.69) is 25.2 Å². The van der Waals surface area contributed by atoms with E-state index >= 15 is 0 Å². The summed E-state index contributed by atoms with van der Waals surface area (Å²) >= 11 is 1.71. The standard InChI is InChI=1S/C12H18N2O2S/c1-8-5-10(17-9(8)2)6-14-11(15)12(13)3-4-16-7-12/h5H,3-4,6-7,13H2,1-2H3,(H,14,15). The molecule has 1 aliphatic rings. The Balaban J connectivity index is 1.92. The third-order valence-electron chi connectivity index (χ3n) is 3.14.